The molecule has 18 heteroatoms. The molecule has 0 spiro atoms. The van der Waals surface area contributed by atoms with Gasteiger partial charge in [0.1, 0.15) is 43.2 Å². The molecule has 0 aliphatic heterocycles. The number of unbranched alkanes of at least 4 members (excludes halogenated alkanes) is 12. The molecule has 0 aromatic carbocycles. The van der Waals surface area contributed by atoms with Crippen LogP contribution < -0.4 is 0 Å². The highest BCUT2D eigenvalue weighted by atomic mass is 31.2. The molecule has 16 nitrogen and oxygen atoms in total. The second-order valence-corrected chi connectivity index (χ2v) is 14.6. The number of phosphoric acid groups is 2. The zero-order chi connectivity index (χ0) is 39.0. The Hall–Kier alpha value is -2.76. The third-order valence-corrected chi connectivity index (χ3v) is 9.16. The zero-order valence-corrected chi connectivity index (χ0v) is 30.9. The lowest BCUT2D eigenvalue weighted by molar-refractivity contribution is -0.216. The van der Waals surface area contributed by atoms with Crippen LogP contribution in [0.3, 0.4) is 0 Å². The van der Waals surface area contributed by atoms with Crippen molar-refractivity contribution in [2.45, 2.75) is 140 Å². The van der Waals surface area contributed by atoms with E-state index in [2.05, 4.69) is 41.0 Å². The summed E-state index contributed by atoms with van der Waals surface area (Å²) in [5.74, 6) is 13.4. The summed E-state index contributed by atoms with van der Waals surface area (Å²) in [6.45, 7) is 0.575. The van der Waals surface area contributed by atoms with Gasteiger partial charge in [0.15, 0.2) is 6.10 Å². The van der Waals surface area contributed by atoms with Crippen LogP contribution in [-0.2, 0) is 41.8 Å². The molecular formula is C34H50O16P2. The van der Waals surface area contributed by atoms with E-state index in [4.69, 9.17) is 34.7 Å². The largest absolute Gasteiger partial charge is 0.472 e. The van der Waals surface area contributed by atoms with Crippen molar-refractivity contribution in [2.24, 2.45) is 0 Å². The number of rotatable bonds is 24. The molecule has 7 N–H and O–H groups in total. The smallest absolute Gasteiger partial charge is 0.456 e. The van der Waals surface area contributed by atoms with Gasteiger partial charge in [-0.25, -0.2) is 13.9 Å². The lowest BCUT2D eigenvalue weighted by Crippen LogP contribution is -2.64. The van der Waals surface area contributed by atoms with Gasteiger partial charge in [-0.3, -0.25) is 18.4 Å². The van der Waals surface area contributed by atoms with Gasteiger partial charge in [0.25, 0.3) is 0 Å². The number of ether oxygens (including phenoxy) is 2. The predicted octanol–water partition coefficient (Wildman–Crippen LogP) is 2.00. The van der Waals surface area contributed by atoms with Crippen LogP contribution in [0.5, 0.6) is 0 Å². The number of aliphatic hydroxyl groups is 4. The number of phosphoric ester groups is 2. The standard InChI is InChI=1S/C34H50O16P2/c1-3-5-7-9-11-12-13-14-15-16-17-19-21-23-28(36)48-26(24-46-27(35)22-20-18-10-8-6-4-2)25-47-52(44,45)50-34-31(39)29(37)33(30(38)32(34)40)49-51(41,42)43/h2,26,29-34,37-40H,3,5,7,9,11-17,19,21,23-25H2,1H3,(H,44,45)(H2,41,42,43)/t26-,29+,30?,31?,32+,33?,34?/m1/s1. The molecule has 1 rings (SSSR count). The fourth-order valence-corrected chi connectivity index (χ4v) is 6.55. The highest BCUT2D eigenvalue weighted by molar-refractivity contribution is 7.47. The third kappa shape index (κ3) is 21.1. The molecule has 0 aromatic rings. The number of carbonyl (C=O) groups is 2. The molecular weight excluding hydrogens is 726 g/mol. The minimum atomic E-state index is -5.32. The van der Waals surface area contributed by atoms with Gasteiger partial charge in [0.2, 0.25) is 0 Å². The summed E-state index contributed by atoms with van der Waals surface area (Å²) in [5.41, 5.74) is 0. The number of hydrogen-bond donors (Lipinski definition) is 7. The molecule has 0 bridgehead atoms. The van der Waals surface area contributed by atoms with E-state index in [1.807, 2.05) is 11.8 Å². The summed E-state index contributed by atoms with van der Waals surface area (Å²) >= 11 is 0. The lowest BCUT2D eigenvalue weighted by Gasteiger charge is -2.43. The van der Waals surface area contributed by atoms with Crippen molar-refractivity contribution in [3.8, 4) is 47.9 Å². The van der Waals surface area contributed by atoms with Crippen molar-refractivity contribution >= 4 is 27.6 Å². The van der Waals surface area contributed by atoms with E-state index in [9.17, 15) is 44.0 Å². The Labute approximate surface area is 304 Å². The first-order chi connectivity index (χ1) is 24.6. The van der Waals surface area contributed by atoms with Crippen molar-refractivity contribution in [2.75, 3.05) is 13.2 Å². The zero-order valence-electron chi connectivity index (χ0n) is 29.1. The van der Waals surface area contributed by atoms with Gasteiger partial charge in [-0.1, -0.05) is 84.0 Å². The summed E-state index contributed by atoms with van der Waals surface area (Å²) < 4.78 is 48.0. The molecule has 0 aromatic heterocycles. The minimum Gasteiger partial charge on any atom is -0.456 e. The first kappa shape index (κ1) is 47.3. The highest BCUT2D eigenvalue weighted by Gasteiger charge is 2.54. The molecule has 1 aliphatic carbocycles. The summed E-state index contributed by atoms with van der Waals surface area (Å²) in [6, 6.07) is 0. The van der Waals surface area contributed by atoms with Crippen LogP contribution in [0, 0.1) is 47.9 Å². The molecule has 1 saturated carbocycles. The van der Waals surface area contributed by atoms with Crippen LogP contribution >= 0.6 is 15.6 Å². The molecule has 0 radical (unpaired) electrons. The van der Waals surface area contributed by atoms with E-state index in [-0.39, 0.29) is 6.42 Å². The van der Waals surface area contributed by atoms with Gasteiger partial charge in [-0.15, -0.1) is 6.42 Å². The van der Waals surface area contributed by atoms with Gasteiger partial charge in [0, 0.05) is 12.3 Å². The minimum absolute atomic E-state index is 0.0162. The second kappa shape index (κ2) is 26.1. The normalized spacial score (nSPS) is 22.8. The first-order valence-corrected chi connectivity index (χ1v) is 20.1. The number of terminal acetylenes is 1. The van der Waals surface area contributed by atoms with Crippen LogP contribution in [0.4, 0.5) is 0 Å². The van der Waals surface area contributed by atoms with Crippen LogP contribution in [-0.4, -0.2) is 103 Å². The van der Waals surface area contributed by atoms with Crippen LogP contribution in [0.1, 0.15) is 96.8 Å². The lowest BCUT2D eigenvalue weighted by atomic mass is 9.85. The van der Waals surface area contributed by atoms with Crippen molar-refractivity contribution in [1.82, 2.24) is 0 Å². The average molecular weight is 777 g/mol. The maximum absolute atomic E-state index is 12.7. The molecule has 1 aliphatic rings. The molecule has 8 atom stereocenters. The summed E-state index contributed by atoms with van der Waals surface area (Å²) in [7, 11) is -10.6. The van der Waals surface area contributed by atoms with Crippen LogP contribution in [0.2, 0.25) is 0 Å². The van der Waals surface area contributed by atoms with E-state index in [1.165, 1.54) is 44.9 Å². The summed E-state index contributed by atoms with van der Waals surface area (Å²) in [6.07, 6.45) is 4.08. The molecule has 52 heavy (non-hydrogen) atoms. The Morgan fingerprint density at radius 1 is 0.673 bits per heavy atom. The Bertz CT molecular complexity index is 1410. The SMILES string of the molecule is C#CC#CC#CC#CC(=O)OC[C@H](COP(=O)(O)OC1C(O)[C@H](O)C(OP(=O)(O)O)C(O)[C@@H]1O)OC(=O)CCCCCCCCCCCCCCC. The summed E-state index contributed by atoms with van der Waals surface area (Å²) in [5, 5.41) is 41.0. The number of hydrogen-bond acceptors (Lipinski definition) is 13. The number of esters is 2. The van der Waals surface area contributed by atoms with Crippen molar-refractivity contribution in [1.29, 1.82) is 0 Å². The Balaban J connectivity index is 2.73. The fourth-order valence-electron chi connectivity index (χ4n) is 5.02. The van der Waals surface area contributed by atoms with Gasteiger partial charge in [-0.2, -0.15) is 0 Å². The summed E-state index contributed by atoms with van der Waals surface area (Å²) in [4.78, 5) is 52.9. The van der Waals surface area contributed by atoms with Gasteiger partial charge in [0.05, 0.1) is 6.61 Å². The molecule has 0 heterocycles. The molecule has 5 unspecified atom stereocenters. The van der Waals surface area contributed by atoms with Crippen molar-refractivity contribution in [3.05, 3.63) is 0 Å². The van der Waals surface area contributed by atoms with Crippen molar-refractivity contribution in [3.63, 3.8) is 0 Å². The van der Waals surface area contributed by atoms with Gasteiger partial charge >= 0.3 is 27.6 Å². The Kier molecular flexibility index (Phi) is 23.7. The monoisotopic (exact) mass is 776 g/mol. The maximum Gasteiger partial charge on any atom is 0.472 e. The molecule has 1 fully saturated rings. The van der Waals surface area contributed by atoms with E-state index < -0.39 is 83.5 Å². The predicted molar refractivity (Wildman–Crippen MR) is 185 cm³/mol. The molecule has 0 amide bonds. The van der Waals surface area contributed by atoms with E-state index in [0.717, 1.165) is 32.1 Å². The maximum atomic E-state index is 12.7. The van der Waals surface area contributed by atoms with Crippen LogP contribution in [0.15, 0.2) is 0 Å². The van der Waals surface area contributed by atoms with Crippen LogP contribution in [0.25, 0.3) is 0 Å². The van der Waals surface area contributed by atoms with E-state index in [1.54, 1.807) is 0 Å². The number of aliphatic hydroxyl groups excluding tert-OH is 4. The first-order valence-electron chi connectivity index (χ1n) is 17.1. The topological polar surface area (TPSA) is 256 Å². The third-order valence-electron chi connectivity index (χ3n) is 7.65. The number of carbonyl (C=O) groups excluding carboxylic acids is 2. The molecule has 292 valence electrons. The van der Waals surface area contributed by atoms with E-state index >= 15 is 0 Å². The fraction of sp³-hybridized carbons (Fsp3) is 0.706. The van der Waals surface area contributed by atoms with Crippen molar-refractivity contribution < 1.29 is 76.9 Å². The highest BCUT2D eigenvalue weighted by Crippen LogP contribution is 2.48. The quantitative estimate of drug-likeness (QED) is 0.0243. The molecule has 0 saturated heterocycles. The van der Waals surface area contributed by atoms with Gasteiger partial charge < -0.3 is 44.6 Å². The Morgan fingerprint density at radius 3 is 1.63 bits per heavy atom. The van der Waals surface area contributed by atoms with Gasteiger partial charge in [-0.05, 0) is 41.9 Å². The van der Waals surface area contributed by atoms with E-state index in [0.29, 0.717) is 6.42 Å². The Morgan fingerprint density at radius 2 is 1.13 bits per heavy atom. The second-order valence-electron chi connectivity index (χ2n) is 12.0. The average Bonchev–Trinajstić information content (AvgIpc) is 3.08.